The maximum atomic E-state index is 6.21. The molecule has 2 nitrogen and oxygen atoms in total. The molecule has 5 heteroatoms. The molecule has 0 saturated heterocycles. The Kier molecular flexibility index (Phi) is 6.76. The van der Waals surface area contributed by atoms with Crippen molar-refractivity contribution >= 4 is 35.6 Å². The fraction of sp³-hybridized carbons (Fsp3) is 0.158. The molecule has 1 heterocycles. The van der Waals surface area contributed by atoms with Gasteiger partial charge in [0.25, 0.3) is 0 Å². The van der Waals surface area contributed by atoms with E-state index in [1.165, 1.54) is 5.56 Å². The highest BCUT2D eigenvalue weighted by Gasteiger charge is 2.10. The van der Waals surface area contributed by atoms with Crippen LogP contribution >= 0.6 is 35.6 Å². The average Bonchev–Trinajstić information content (AvgIpc) is 3.04. The van der Waals surface area contributed by atoms with Crippen LogP contribution in [-0.4, -0.2) is 0 Å². The molecule has 3 rings (SSSR count). The quantitative estimate of drug-likeness (QED) is 0.543. The van der Waals surface area contributed by atoms with Gasteiger partial charge < -0.3 is 9.73 Å². The van der Waals surface area contributed by atoms with Gasteiger partial charge in [-0.25, -0.2) is 0 Å². The summed E-state index contributed by atoms with van der Waals surface area (Å²) in [5, 5.41) is 4.72. The van der Waals surface area contributed by atoms with Crippen molar-refractivity contribution in [3.05, 3.63) is 82.0 Å². The van der Waals surface area contributed by atoms with Gasteiger partial charge in [-0.1, -0.05) is 53.5 Å². The SMILES string of the molecule is CC(NCc1ccc(-c2cc(Cl)ccc2Cl)o1)c1ccccc1.Cl. The van der Waals surface area contributed by atoms with E-state index in [0.29, 0.717) is 16.6 Å². The summed E-state index contributed by atoms with van der Waals surface area (Å²) in [6.07, 6.45) is 0. The molecule has 0 aliphatic rings. The minimum absolute atomic E-state index is 0. The molecule has 0 aliphatic heterocycles. The standard InChI is InChI=1S/C19H17Cl2NO.ClH/c1-13(14-5-3-2-4-6-14)22-12-16-8-10-19(23-16)17-11-15(20)7-9-18(17)21;/h2-11,13,22H,12H2,1H3;1H. The molecule has 126 valence electrons. The van der Waals surface area contributed by atoms with Gasteiger partial charge in [0.05, 0.1) is 11.6 Å². The van der Waals surface area contributed by atoms with Crippen molar-refractivity contribution in [3.8, 4) is 11.3 Å². The molecule has 1 N–H and O–H groups in total. The summed E-state index contributed by atoms with van der Waals surface area (Å²) in [6, 6.07) is 19.8. The van der Waals surface area contributed by atoms with Gasteiger partial charge in [0.15, 0.2) is 0 Å². The number of hydrogen-bond acceptors (Lipinski definition) is 2. The number of hydrogen-bond donors (Lipinski definition) is 1. The zero-order chi connectivity index (χ0) is 16.2. The second-order valence-corrected chi connectivity index (χ2v) is 6.25. The van der Waals surface area contributed by atoms with Gasteiger partial charge in [-0.3, -0.25) is 0 Å². The van der Waals surface area contributed by atoms with E-state index < -0.39 is 0 Å². The van der Waals surface area contributed by atoms with Crippen LogP contribution in [0.1, 0.15) is 24.3 Å². The monoisotopic (exact) mass is 381 g/mol. The van der Waals surface area contributed by atoms with E-state index in [4.69, 9.17) is 27.6 Å². The molecule has 3 aromatic rings. The minimum Gasteiger partial charge on any atom is -0.460 e. The Morgan fingerprint density at radius 1 is 1.00 bits per heavy atom. The van der Waals surface area contributed by atoms with Crippen LogP contribution in [0.5, 0.6) is 0 Å². The van der Waals surface area contributed by atoms with Crippen molar-refractivity contribution < 1.29 is 4.42 Å². The van der Waals surface area contributed by atoms with Crippen molar-refractivity contribution in [2.45, 2.75) is 19.5 Å². The highest BCUT2D eigenvalue weighted by Crippen LogP contribution is 2.31. The molecule has 0 radical (unpaired) electrons. The first-order valence-corrected chi connectivity index (χ1v) is 8.21. The molecule has 1 atom stereocenters. The third kappa shape index (κ3) is 4.55. The van der Waals surface area contributed by atoms with E-state index in [1.54, 1.807) is 12.1 Å². The average molecular weight is 383 g/mol. The molecule has 1 aromatic heterocycles. The number of furan rings is 1. The van der Waals surface area contributed by atoms with Gasteiger partial charge in [-0.2, -0.15) is 0 Å². The predicted octanol–water partition coefficient (Wildman–Crippen LogP) is 6.53. The lowest BCUT2D eigenvalue weighted by atomic mass is 10.1. The summed E-state index contributed by atoms with van der Waals surface area (Å²) in [6.45, 7) is 2.78. The lowest BCUT2D eigenvalue weighted by Crippen LogP contribution is -2.17. The van der Waals surface area contributed by atoms with E-state index in [-0.39, 0.29) is 18.4 Å². The van der Waals surface area contributed by atoms with Crippen LogP contribution in [-0.2, 0) is 6.54 Å². The summed E-state index contributed by atoms with van der Waals surface area (Å²) >= 11 is 12.2. The van der Waals surface area contributed by atoms with Crippen molar-refractivity contribution in [1.29, 1.82) is 0 Å². The van der Waals surface area contributed by atoms with Crippen molar-refractivity contribution in [2.75, 3.05) is 0 Å². The molecular formula is C19H18Cl3NO. The number of nitrogens with one attached hydrogen (secondary N) is 1. The number of rotatable bonds is 5. The minimum atomic E-state index is 0. The van der Waals surface area contributed by atoms with E-state index in [1.807, 2.05) is 36.4 Å². The van der Waals surface area contributed by atoms with E-state index in [9.17, 15) is 0 Å². The third-order valence-corrected chi connectivity index (χ3v) is 4.30. The second-order valence-electron chi connectivity index (χ2n) is 5.40. The Morgan fingerprint density at radius 2 is 1.75 bits per heavy atom. The van der Waals surface area contributed by atoms with Gasteiger partial charge in [-0.15, -0.1) is 12.4 Å². The van der Waals surface area contributed by atoms with Crippen molar-refractivity contribution in [3.63, 3.8) is 0 Å². The van der Waals surface area contributed by atoms with Crippen molar-refractivity contribution in [1.82, 2.24) is 5.32 Å². The van der Waals surface area contributed by atoms with E-state index in [0.717, 1.165) is 17.1 Å². The second kappa shape index (κ2) is 8.59. The summed E-state index contributed by atoms with van der Waals surface area (Å²) < 4.78 is 5.89. The lowest BCUT2D eigenvalue weighted by Gasteiger charge is -2.13. The summed E-state index contributed by atoms with van der Waals surface area (Å²) in [7, 11) is 0. The zero-order valence-electron chi connectivity index (χ0n) is 13.1. The first-order chi connectivity index (χ1) is 11.1. The highest BCUT2D eigenvalue weighted by molar-refractivity contribution is 6.35. The van der Waals surface area contributed by atoms with Gasteiger partial charge >= 0.3 is 0 Å². The molecule has 0 fully saturated rings. The Labute approximate surface area is 158 Å². The van der Waals surface area contributed by atoms with Crippen LogP contribution in [0.25, 0.3) is 11.3 Å². The van der Waals surface area contributed by atoms with Crippen LogP contribution in [0.2, 0.25) is 10.0 Å². The number of halogens is 3. The Hall–Kier alpha value is -1.45. The first-order valence-electron chi connectivity index (χ1n) is 7.46. The molecule has 0 spiro atoms. The molecular weight excluding hydrogens is 365 g/mol. The first kappa shape index (κ1) is 18.9. The van der Waals surface area contributed by atoms with Gasteiger partial charge in [-0.05, 0) is 42.8 Å². The predicted molar refractivity (Wildman–Crippen MR) is 103 cm³/mol. The van der Waals surface area contributed by atoms with Crippen LogP contribution < -0.4 is 5.32 Å². The van der Waals surface area contributed by atoms with Crippen LogP contribution in [0.15, 0.2) is 65.1 Å². The molecule has 24 heavy (non-hydrogen) atoms. The zero-order valence-corrected chi connectivity index (χ0v) is 15.5. The molecule has 0 aliphatic carbocycles. The van der Waals surface area contributed by atoms with E-state index >= 15 is 0 Å². The normalized spacial score (nSPS) is 11.8. The maximum Gasteiger partial charge on any atom is 0.135 e. The third-order valence-electron chi connectivity index (χ3n) is 3.74. The fourth-order valence-electron chi connectivity index (χ4n) is 2.42. The Morgan fingerprint density at radius 3 is 2.50 bits per heavy atom. The van der Waals surface area contributed by atoms with E-state index in [2.05, 4.69) is 24.4 Å². The summed E-state index contributed by atoms with van der Waals surface area (Å²) in [5.74, 6) is 1.58. The maximum absolute atomic E-state index is 6.21. The molecule has 0 bridgehead atoms. The molecule has 2 aromatic carbocycles. The fourth-order valence-corrected chi connectivity index (χ4v) is 2.80. The summed E-state index contributed by atoms with van der Waals surface area (Å²) in [5.41, 5.74) is 2.05. The molecule has 0 amide bonds. The van der Waals surface area contributed by atoms with Crippen LogP contribution in [0.3, 0.4) is 0 Å². The van der Waals surface area contributed by atoms with Crippen LogP contribution in [0.4, 0.5) is 0 Å². The van der Waals surface area contributed by atoms with Crippen LogP contribution in [0, 0.1) is 0 Å². The van der Waals surface area contributed by atoms with Gasteiger partial charge in [0.2, 0.25) is 0 Å². The highest BCUT2D eigenvalue weighted by atomic mass is 35.5. The van der Waals surface area contributed by atoms with Gasteiger partial charge in [0, 0.05) is 16.6 Å². The smallest absolute Gasteiger partial charge is 0.135 e. The lowest BCUT2D eigenvalue weighted by molar-refractivity contribution is 0.468. The summed E-state index contributed by atoms with van der Waals surface area (Å²) in [4.78, 5) is 0. The Balaban J connectivity index is 0.00000208. The van der Waals surface area contributed by atoms with Crippen molar-refractivity contribution in [2.24, 2.45) is 0 Å². The topological polar surface area (TPSA) is 25.2 Å². The largest absolute Gasteiger partial charge is 0.460 e. The Bertz CT molecular complexity index is 786. The molecule has 1 unspecified atom stereocenters. The van der Waals surface area contributed by atoms with Gasteiger partial charge in [0.1, 0.15) is 11.5 Å². The number of benzene rings is 2. The molecule has 0 saturated carbocycles.